The number of rotatable bonds is 8. The third-order valence-electron chi connectivity index (χ3n) is 5.41. The molecule has 3 heterocycles. The number of hydrogen-bond donors (Lipinski definition) is 2. The molecule has 0 aliphatic heterocycles. The van der Waals surface area contributed by atoms with Gasteiger partial charge in [0.05, 0.1) is 15.5 Å². The zero-order valence-electron chi connectivity index (χ0n) is 19.6. The summed E-state index contributed by atoms with van der Waals surface area (Å²) < 4.78 is 40.7. The summed E-state index contributed by atoms with van der Waals surface area (Å²) in [6.07, 6.45) is 0. The highest BCUT2D eigenvalue weighted by Gasteiger charge is 2.18. The van der Waals surface area contributed by atoms with Gasteiger partial charge in [0.1, 0.15) is 23.1 Å². The van der Waals surface area contributed by atoms with Crippen molar-refractivity contribution in [3.8, 4) is 26.4 Å². The Bertz CT molecular complexity index is 1860. The van der Waals surface area contributed by atoms with Gasteiger partial charge in [-0.15, -0.1) is 22.7 Å². The van der Waals surface area contributed by atoms with Crippen molar-refractivity contribution in [3.05, 3.63) is 104 Å². The lowest BCUT2D eigenvalue weighted by Crippen LogP contribution is -2.14. The third kappa shape index (κ3) is 6.08. The van der Waals surface area contributed by atoms with Crippen molar-refractivity contribution in [2.45, 2.75) is 15.8 Å². The molecular formula is C26H16ClFN4O3S4. The van der Waals surface area contributed by atoms with Crippen molar-refractivity contribution in [1.29, 1.82) is 5.26 Å². The van der Waals surface area contributed by atoms with Gasteiger partial charge in [0.2, 0.25) is 0 Å². The highest BCUT2D eigenvalue weighted by molar-refractivity contribution is 7.98. The van der Waals surface area contributed by atoms with E-state index in [0.717, 1.165) is 21.9 Å². The first-order chi connectivity index (χ1) is 18.7. The first-order valence-corrected chi connectivity index (χ1v) is 15.7. The van der Waals surface area contributed by atoms with Gasteiger partial charge in [-0.2, -0.15) is 5.26 Å². The van der Waals surface area contributed by atoms with Gasteiger partial charge in [-0.3, -0.25) is 9.52 Å². The zero-order valence-corrected chi connectivity index (χ0v) is 23.7. The van der Waals surface area contributed by atoms with Crippen LogP contribution in [0, 0.1) is 17.1 Å². The Hall–Kier alpha value is -3.47. The molecule has 196 valence electrons. The Labute approximate surface area is 240 Å². The van der Waals surface area contributed by atoms with Crippen LogP contribution in [-0.4, -0.2) is 18.4 Å². The predicted octanol–water partition coefficient (Wildman–Crippen LogP) is 6.98. The van der Waals surface area contributed by atoms with Crippen LogP contribution >= 0.6 is 46.0 Å². The quantitative estimate of drug-likeness (QED) is 0.144. The first-order valence-electron chi connectivity index (χ1n) is 11.1. The highest BCUT2D eigenvalue weighted by atomic mass is 35.5. The highest BCUT2D eigenvalue weighted by Crippen LogP contribution is 2.37. The summed E-state index contributed by atoms with van der Waals surface area (Å²) in [4.78, 5) is 22.6. The molecule has 0 aliphatic rings. The molecular weight excluding hydrogens is 599 g/mol. The number of aromatic nitrogens is 2. The Morgan fingerprint density at radius 1 is 1.08 bits per heavy atom. The lowest BCUT2D eigenvalue weighted by molar-refractivity contribution is 0.599. The monoisotopic (exact) mass is 614 g/mol. The van der Waals surface area contributed by atoms with E-state index in [4.69, 9.17) is 11.6 Å². The summed E-state index contributed by atoms with van der Waals surface area (Å²) in [5.74, 6) is -0.217. The van der Waals surface area contributed by atoms with Gasteiger partial charge in [0, 0.05) is 20.5 Å². The molecule has 0 aliphatic carbocycles. The van der Waals surface area contributed by atoms with Crippen LogP contribution in [0.25, 0.3) is 20.3 Å². The Balaban J connectivity index is 1.34. The van der Waals surface area contributed by atoms with Crippen molar-refractivity contribution in [3.63, 3.8) is 0 Å². The first kappa shape index (κ1) is 27.1. The van der Waals surface area contributed by atoms with E-state index in [9.17, 15) is 22.9 Å². The van der Waals surface area contributed by atoms with E-state index >= 15 is 0 Å². The molecule has 2 N–H and O–H groups in total. The third-order valence-corrected chi connectivity index (χ3v) is 10.2. The second kappa shape index (κ2) is 11.3. The SMILES string of the molecule is N#Cc1c(-c2ccc(-c3cccs3)s2)nc(SCc2ccc(NS(=O)(=O)c3ccc(F)cc3)cc2Cl)[nH]c1=O. The number of nitriles is 1. The number of H-pyrrole nitrogens is 1. The number of nitrogens with one attached hydrogen (secondary N) is 2. The second-order valence-corrected chi connectivity index (χ2v) is 13.1. The molecule has 2 aromatic carbocycles. The van der Waals surface area contributed by atoms with Crippen molar-refractivity contribution in [2.24, 2.45) is 0 Å². The fourth-order valence-electron chi connectivity index (χ4n) is 3.52. The number of sulfonamides is 1. The van der Waals surface area contributed by atoms with Crippen molar-refractivity contribution >= 4 is 61.7 Å². The molecule has 0 saturated carbocycles. The molecule has 0 bridgehead atoms. The molecule has 0 spiro atoms. The summed E-state index contributed by atoms with van der Waals surface area (Å²) in [6, 6.07) is 18.9. The maximum Gasteiger partial charge on any atom is 0.270 e. The number of anilines is 1. The van der Waals surface area contributed by atoms with Gasteiger partial charge in [0.15, 0.2) is 5.16 Å². The Morgan fingerprint density at radius 3 is 2.54 bits per heavy atom. The fraction of sp³-hybridized carbons (Fsp3) is 0.0385. The van der Waals surface area contributed by atoms with Crippen LogP contribution in [0.3, 0.4) is 0 Å². The molecule has 0 amide bonds. The topological polar surface area (TPSA) is 116 Å². The molecule has 0 atom stereocenters. The van der Waals surface area contributed by atoms with Gasteiger partial charge >= 0.3 is 0 Å². The van der Waals surface area contributed by atoms with E-state index in [1.165, 1.54) is 41.3 Å². The van der Waals surface area contributed by atoms with Crippen LogP contribution in [0.4, 0.5) is 10.1 Å². The molecule has 13 heteroatoms. The van der Waals surface area contributed by atoms with Crippen LogP contribution in [-0.2, 0) is 15.8 Å². The molecule has 0 saturated heterocycles. The van der Waals surface area contributed by atoms with E-state index in [-0.39, 0.29) is 16.1 Å². The van der Waals surface area contributed by atoms with Gasteiger partial charge in [-0.05, 0) is 65.5 Å². The lowest BCUT2D eigenvalue weighted by atomic mass is 10.2. The average molecular weight is 615 g/mol. The summed E-state index contributed by atoms with van der Waals surface area (Å²) in [6.45, 7) is 0. The van der Waals surface area contributed by atoms with E-state index in [1.54, 1.807) is 23.5 Å². The molecule has 0 unspecified atom stereocenters. The molecule has 5 aromatic rings. The molecule has 0 radical (unpaired) electrons. The van der Waals surface area contributed by atoms with Crippen molar-refractivity contribution in [2.75, 3.05) is 4.72 Å². The standard InChI is InChI=1S/C26H16ClFN4O3S4/c27-20-12-17(32-39(34,35)18-7-4-16(28)5-8-18)6-3-15(20)14-37-26-30-24(19(13-29)25(33)31-26)23-10-9-22(38-23)21-2-1-11-36-21/h1-12,32H,14H2,(H,30,31,33). The number of aromatic amines is 1. The van der Waals surface area contributed by atoms with Crippen molar-refractivity contribution in [1.82, 2.24) is 9.97 Å². The molecule has 0 fully saturated rings. The number of hydrogen-bond acceptors (Lipinski definition) is 8. The normalized spacial score (nSPS) is 11.3. The number of benzene rings is 2. The molecule has 3 aromatic heterocycles. The van der Waals surface area contributed by atoms with E-state index in [2.05, 4.69) is 14.7 Å². The van der Waals surface area contributed by atoms with Crippen LogP contribution in [0.15, 0.2) is 87.0 Å². The van der Waals surface area contributed by atoms with Crippen LogP contribution in [0.2, 0.25) is 5.02 Å². The number of halogens is 2. The maximum absolute atomic E-state index is 13.1. The minimum atomic E-state index is -3.93. The van der Waals surface area contributed by atoms with E-state index < -0.39 is 21.4 Å². The van der Waals surface area contributed by atoms with Crippen molar-refractivity contribution < 1.29 is 12.8 Å². The smallest absolute Gasteiger partial charge is 0.270 e. The Kier molecular flexibility index (Phi) is 7.88. The number of nitrogens with zero attached hydrogens (tertiary/aromatic N) is 2. The predicted molar refractivity (Wildman–Crippen MR) is 154 cm³/mol. The van der Waals surface area contributed by atoms with Crippen LogP contribution in [0.5, 0.6) is 0 Å². The van der Waals surface area contributed by atoms with Gasteiger partial charge in [0.25, 0.3) is 15.6 Å². The minimum absolute atomic E-state index is 0.0604. The van der Waals surface area contributed by atoms with Gasteiger partial charge in [-0.25, -0.2) is 17.8 Å². The summed E-state index contributed by atoms with van der Waals surface area (Å²) >= 11 is 10.7. The molecule has 39 heavy (non-hydrogen) atoms. The largest absolute Gasteiger partial charge is 0.300 e. The average Bonchev–Trinajstić information content (AvgIpc) is 3.60. The summed E-state index contributed by atoms with van der Waals surface area (Å²) in [5, 5.41) is 12.2. The zero-order chi connectivity index (χ0) is 27.6. The second-order valence-electron chi connectivity index (χ2n) is 8.00. The fourth-order valence-corrected chi connectivity index (χ4v) is 7.60. The van der Waals surface area contributed by atoms with Crippen LogP contribution < -0.4 is 10.3 Å². The van der Waals surface area contributed by atoms with Crippen LogP contribution in [0.1, 0.15) is 11.1 Å². The number of thiophene rings is 2. The van der Waals surface area contributed by atoms with Gasteiger partial charge < -0.3 is 4.98 Å². The molecule has 7 nitrogen and oxygen atoms in total. The minimum Gasteiger partial charge on any atom is -0.300 e. The number of thioether (sulfide) groups is 1. The lowest BCUT2D eigenvalue weighted by Gasteiger charge is -2.11. The summed E-state index contributed by atoms with van der Waals surface area (Å²) in [5.41, 5.74) is 0.635. The van der Waals surface area contributed by atoms with E-state index in [0.29, 0.717) is 32.1 Å². The Morgan fingerprint density at radius 2 is 1.85 bits per heavy atom. The molecule has 5 rings (SSSR count). The van der Waals surface area contributed by atoms with Gasteiger partial charge in [-0.1, -0.05) is 35.5 Å². The maximum atomic E-state index is 13.1. The summed E-state index contributed by atoms with van der Waals surface area (Å²) in [7, 11) is -3.93. The van der Waals surface area contributed by atoms with E-state index in [1.807, 2.05) is 35.7 Å².